The first-order valence-electron chi connectivity index (χ1n) is 34.2. The van der Waals surface area contributed by atoms with Crippen molar-refractivity contribution >= 4 is 39.5 Å². The van der Waals surface area contributed by atoms with Gasteiger partial charge in [0.1, 0.15) is 19.3 Å². The second-order valence-corrected chi connectivity index (χ2v) is 26.7. The van der Waals surface area contributed by atoms with Gasteiger partial charge < -0.3 is 33.8 Å². The van der Waals surface area contributed by atoms with E-state index in [2.05, 4.69) is 34.6 Å². The summed E-state index contributed by atoms with van der Waals surface area (Å²) >= 11 is 0. The lowest BCUT2D eigenvalue weighted by Crippen LogP contribution is -2.30. The number of unbranched alkanes of at least 4 members (excludes halogenated alkanes) is 36. The molecule has 0 aliphatic rings. The van der Waals surface area contributed by atoms with Crippen molar-refractivity contribution in [2.45, 2.75) is 348 Å². The van der Waals surface area contributed by atoms with Crippen molar-refractivity contribution in [2.24, 2.45) is 5.92 Å². The van der Waals surface area contributed by atoms with E-state index in [-0.39, 0.29) is 25.7 Å². The Kier molecular flexibility index (Phi) is 57.4. The molecule has 0 aromatic rings. The van der Waals surface area contributed by atoms with Gasteiger partial charge in [0, 0.05) is 25.7 Å². The highest BCUT2D eigenvalue weighted by Gasteiger charge is 2.30. The molecular weight excluding hydrogens is 1110 g/mol. The van der Waals surface area contributed by atoms with Crippen LogP contribution >= 0.6 is 15.6 Å². The van der Waals surface area contributed by atoms with Crippen LogP contribution in [0.1, 0.15) is 330 Å². The second-order valence-electron chi connectivity index (χ2n) is 23.7. The smallest absolute Gasteiger partial charge is 0.462 e. The summed E-state index contributed by atoms with van der Waals surface area (Å²) < 4.78 is 68.0. The lowest BCUT2D eigenvalue weighted by molar-refractivity contribution is -0.161. The van der Waals surface area contributed by atoms with Crippen LogP contribution in [0, 0.1) is 5.92 Å². The van der Waals surface area contributed by atoms with E-state index in [4.69, 9.17) is 37.0 Å². The molecule has 0 fully saturated rings. The lowest BCUT2D eigenvalue weighted by Gasteiger charge is -2.21. The van der Waals surface area contributed by atoms with Crippen molar-refractivity contribution < 1.29 is 80.2 Å². The first-order chi connectivity index (χ1) is 40.6. The maximum Gasteiger partial charge on any atom is 0.472 e. The molecule has 84 heavy (non-hydrogen) atoms. The van der Waals surface area contributed by atoms with Crippen molar-refractivity contribution in [2.75, 3.05) is 39.6 Å². The zero-order valence-electron chi connectivity index (χ0n) is 54.0. The summed E-state index contributed by atoms with van der Waals surface area (Å²) in [4.78, 5) is 72.2. The number of carbonyl (C=O) groups is 4. The van der Waals surface area contributed by atoms with Crippen LogP contribution in [0.15, 0.2) is 0 Å². The third-order valence-corrected chi connectivity index (χ3v) is 17.3. The third kappa shape index (κ3) is 57.8. The van der Waals surface area contributed by atoms with E-state index in [0.717, 1.165) is 102 Å². The molecule has 0 saturated heterocycles. The Balaban J connectivity index is 5.23. The van der Waals surface area contributed by atoms with E-state index < -0.39 is 97.5 Å². The summed E-state index contributed by atoms with van der Waals surface area (Å²) in [5.41, 5.74) is 0. The molecule has 0 saturated carbocycles. The van der Waals surface area contributed by atoms with E-state index in [1.807, 2.05) is 0 Å². The number of phosphoric ester groups is 2. The fourth-order valence-corrected chi connectivity index (χ4v) is 11.3. The van der Waals surface area contributed by atoms with Crippen LogP contribution in [-0.2, 0) is 65.4 Å². The maximum absolute atomic E-state index is 13.0. The molecule has 17 nitrogen and oxygen atoms in total. The number of phosphoric acid groups is 2. The van der Waals surface area contributed by atoms with E-state index in [0.29, 0.717) is 25.7 Å². The van der Waals surface area contributed by atoms with Gasteiger partial charge in [-0.05, 0) is 31.6 Å². The Morgan fingerprint density at radius 2 is 0.571 bits per heavy atom. The van der Waals surface area contributed by atoms with E-state index in [9.17, 15) is 43.2 Å². The Bertz CT molecular complexity index is 1640. The van der Waals surface area contributed by atoms with Gasteiger partial charge >= 0.3 is 39.5 Å². The largest absolute Gasteiger partial charge is 0.472 e. The van der Waals surface area contributed by atoms with Crippen LogP contribution < -0.4 is 0 Å². The topological polar surface area (TPSA) is 237 Å². The molecule has 0 aromatic heterocycles. The summed E-state index contributed by atoms with van der Waals surface area (Å²) in [6.45, 7) is 7.18. The minimum Gasteiger partial charge on any atom is -0.462 e. The van der Waals surface area contributed by atoms with Crippen molar-refractivity contribution in [1.29, 1.82) is 0 Å². The summed E-state index contributed by atoms with van der Waals surface area (Å²) in [6.07, 6.45) is 42.9. The number of hydrogen-bond acceptors (Lipinski definition) is 15. The summed E-state index contributed by atoms with van der Waals surface area (Å²) in [7, 11) is -9.88. The number of esters is 4. The van der Waals surface area contributed by atoms with Gasteiger partial charge in [0.15, 0.2) is 12.2 Å². The lowest BCUT2D eigenvalue weighted by atomic mass is 9.99. The molecule has 498 valence electrons. The monoisotopic (exact) mass is 1240 g/mol. The minimum absolute atomic E-state index is 0.107. The molecule has 3 unspecified atom stereocenters. The predicted octanol–water partition coefficient (Wildman–Crippen LogP) is 18.2. The molecule has 0 bridgehead atoms. The van der Waals surface area contributed by atoms with Crippen molar-refractivity contribution in [3.8, 4) is 0 Å². The molecule has 0 rings (SSSR count). The fraction of sp³-hybridized carbons (Fsp3) is 0.938. The number of carbonyl (C=O) groups excluding carboxylic acids is 4. The van der Waals surface area contributed by atoms with Gasteiger partial charge in [-0.2, -0.15) is 0 Å². The molecule has 0 spiro atoms. The molecule has 0 heterocycles. The molecule has 0 amide bonds. The Labute approximate surface area is 511 Å². The van der Waals surface area contributed by atoms with Gasteiger partial charge in [0.2, 0.25) is 0 Å². The molecule has 0 aliphatic carbocycles. The first kappa shape index (κ1) is 82.1. The molecular formula is C65H126O17P2. The number of hydrogen-bond donors (Lipinski definition) is 3. The van der Waals surface area contributed by atoms with Gasteiger partial charge in [0.25, 0.3) is 0 Å². The predicted molar refractivity (Wildman–Crippen MR) is 335 cm³/mol. The summed E-state index contributed by atoms with van der Waals surface area (Å²) in [5, 5.41) is 10.5. The standard InChI is InChI=1S/C65H126O17P2/c1-6-10-13-16-19-22-24-25-27-29-36-41-46-51-65(70)82-61(55-76-63(68)49-44-39-34-31-30-32-37-42-47-58(5)9-4)57-80-84(73,74)78-53-59(66)52-77-83(71,72)79-56-60(54-75-62(67)48-43-38-33-21-18-15-12-8-3)81-64(69)50-45-40-35-28-26-23-20-17-14-11-7-2/h58-61,66H,6-57H2,1-5H3,(H,71,72)(H,73,74)/t58?,59-,60+,61+/m0/s1. The Morgan fingerprint density at radius 1 is 0.333 bits per heavy atom. The van der Waals surface area contributed by atoms with Crippen LogP contribution in [0.25, 0.3) is 0 Å². The van der Waals surface area contributed by atoms with E-state index in [1.54, 1.807) is 0 Å². The second kappa shape index (κ2) is 58.7. The minimum atomic E-state index is -4.94. The highest BCUT2D eigenvalue weighted by Crippen LogP contribution is 2.45. The number of rotatable bonds is 65. The average Bonchev–Trinajstić information content (AvgIpc) is 3.56. The molecule has 6 atom stereocenters. The summed E-state index contributed by atoms with van der Waals surface area (Å²) in [6, 6.07) is 0. The molecule has 0 radical (unpaired) electrons. The third-order valence-electron chi connectivity index (χ3n) is 15.4. The van der Waals surface area contributed by atoms with E-state index in [1.165, 1.54) is 148 Å². The number of aliphatic hydroxyl groups excluding tert-OH is 1. The first-order valence-corrected chi connectivity index (χ1v) is 37.2. The van der Waals surface area contributed by atoms with Gasteiger partial charge in [0.05, 0.1) is 26.4 Å². The van der Waals surface area contributed by atoms with Crippen molar-refractivity contribution in [3.63, 3.8) is 0 Å². The van der Waals surface area contributed by atoms with Gasteiger partial charge in [-0.3, -0.25) is 37.3 Å². The normalized spacial score (nSPS) is 14.5. The van der Waals surface area contributed by atoms with Crippen LogP contribution in [-0.4, -0.2) is 96.7 Å². The molecule has 19 heteroatoms. The summed E-state index contributed by atoms with van der Waals surface area (Å²) in [5.74, 6) is -1.35. The number of ether oxygens (including phenoxy) is 4. The van der Waals surface area contributed by atoms with Gasteiger partial charge in [-0.15, -0.1) is 0 Å². The SMILES string of the molecule is CCCCCCCCCCCCCCCC(=O)O[C@H](COC(=O)CCCCCCCCCCC(C)CC)COP(=O)(O)OC[C@@H](O)COP(=O)(O)OC[C@@H](COC(=O)CCCCCCCCCC)OC(=O)CCCCCCCCCCCCC. The fourth-order valence-electron chi connectivity index (χ4n) is 9.73. The zero-order valence-corrected chi connectivity index (χ0v) is 55.8. The zero-order chi connectivity index (χ0) is 62.0. The molecule has 0 aromatic carbocycles. The quantitative estimate of drug-likeness (QED) is 0.0222. The van der Waals surface area contributed by atoms with Crippen molar-refractivity contribution in [1.82, 2.24) is 0 Å². The van der Waals surface area contributed by atoms with Crippen molar-refractivity contribution in [3.05, 3.63) is 0 Å². The highest BCUT2D eigenvalue weighted by atomic mass is 31.2. The van der Waals surface area contributed by atoms with Crippen LogP contribution in [0.5, 0.6) is 0 Å². The van der Waals surface area contributed by atoms with Gasteiger partial charge in [-0.1, -0.05) is 279 Å². The van der Waals surface area contributed by atoms with E-state index >= 15 is 0 Å². The maximum atomic E-state index is 13.0. The van der Waals surface area contributed by atoms with Crippen LogP contribution in [0.4, 0.5) is 0 Å². The molecule has 3 N–H and O–H groups in total. The molecule has 0 aliphatic heterocycles. The Hall–Kier alpha value is -1.94. The average molecular weight is 1240 g/mol. The Morgan fingerprint density at radius 3 is 0.845 bits per heavy atom. The highest BCUT2D eigenvalue weighted by molar-refractivity contribution is 7.47. The number of aliphatic hydroxyl groups is 1. The van der Waals surface area contributed by atoms with Crippen LogP contribution in [0.2, 0.25) is 0 Å². The van der Waals surface area contributed by atoms with Crippen LogP contribution in [0.3, 0.4) is 0 Å². The van der Waals surface area contributed by atoms with Gasteiger partial charge in [-0.25, -0.2) is 9.13 Å².